The summed E-state index contributed by atoms with van der Waals surface area (Å²) in [6.07, 6.45) is 2.81. The number of nitrogens with two attached hydrogens (primary N) is 1. The van der Waals surface area contributed by atoms with Crippen molar-refractivity contribution in [1.82, 2.24) is 14.9 Å². The maximum absolute atomic E-state index is 12.7. The number of nitrogens with zero attached hydrogens (tertiary/aromatic N) is 1. The number of benzene rings is 1. The molecule has 4 N–H and O–H groups in total. The molecule has 0 spiro atoms. The van der Waals surface area contributed by atoms with Crippen LogP contribution < -0.4 is 16.4 Å². The Kier molecular flexibility index (Phi) is 6.91. The van der Waals surface area contributed by atoms with Crippen molar-refractivity contribution in [2.24, 2.45) is 5.73 Å². The average molecular weight is 368 g/mol. The Morgan fingerprint density at radius 2 is 1.80 bits per heavy atom. The van der Waals surface area contributed by atoms with E-state index in [-0.39, 0.29) is 30.4 Å². The van der Waals surface area contributed by atoms with Gasteiger partial charge in [0.2, 0.25) is 21.8 Å². The summed E-state index contributed by atoms with van der Waals surface area (Å²) in [5.41, 5.74) is 5.81. The zero-order valence-corrected chi connectivity index (χ0v) is 14.8. The molecule has 0 bridgehead atoms. The lowest BCUT2D eigenvalue weighted by molar-refractivity contribution is -0.125. The summed E-state index contributed by atoms with van der Waals surface area (Å²) in [6, 6.07) is 6.54. The van der Waals surface area contributed by atoms with Gasteiger partial charge in [-0.25, -0.2) is 8.42 Å². The molecule has 1 saturated heterocycles. The molecular weight excluding hydrogens is 344 g/mol. The van der Waals surface area contributed by atoms with Crippen LogP contribution in [-0.4, -0.2) is 50.7 Å². The average Bonchev–Trinajstić information content (AvgIpc) is 2.65. The molecule has 8 nitrogen and oxygen atoms in total. The molecule has 1 aliphatic heterocycles. The van der Waals surface area contributed by atoms with E-state index in [0.717, 1.165) is 19.3 Å². The van der Waals surface area contributed by atoms with Crippen LogP contribution in [0.3, 0.4) is 0 Å². The molecule has 0 saturated carbocycles. The highest BCUT2D eigenvalue weighted by atomic mass is 32.2. The lowest BCUT2D eigenvalue weighted by Crippen LogP contribution is -2.39. The van der Waals surface area contributed by atoms with Crippen LogP contribution in [0, 0.1) is 0 Å². The monoisotopic (exact) mass is 368 g/mol. The second-order valence-corrected chi connectivity index (χ2v) is 7.81. The van der Waals surface area contributed by atoms with Crippen LogP contribution in [0.4, 0.5) is 0 Å². The van der Waals surface area contributed by atoms with Gasteiger partial charge in [-0.1, -0.05) is 18.6 Å². The Hall–Kier alpha value is -1.97. The van der Waals surface area contributed by atoms with Crippen molar-refractivity contribution >= 4 is 21.8 Å². The van der Waals surface area contributed by atoms with Crippen molar-refractivity contribution < 1.29 is 18.0 Å². The molecule has 1 heterocycles. The minimum absolute atomic E-state index is 0.165. The summed E-state index contributed by atoms with van der Waals surface area (Å²) in [5.74, 6) is -0.782. The summed E-state index contributed by atoms with van der Waals surface area (Å²) in [6.45, 7) is 0.931. The first-order valence-corrected chi connectivity index (χ1v) is 9.70. The maximum Gasteiger partial charge on any atom is 0.243 e. The fourth-order valence-corrected chi connectivity index (χ4v) is 4.17. The topological polar surface area (TPSA) is 122 Å². The predicted molar refractivity (Wildman–Crippen MR) is 93.0 cm³/mol. The number of carbonyl (C=O) groups excluding carboxylic acids is 2. The Morgan fingerprint density at radius 1 is 1.08 bits per heavy atom. The number of nitrogens with one attached hydrogen (secondary N) is 2. The number of sulfonamides is 1. The Bertz CT molecular complexity index is 715. The normalized spacial score (nSPS) is 15.6. The largest absolute Gasteiger partial charge is 0.350 e. The van der Waals surface area contributed by atoms with Gasteiger partial charge in [0.15, 0.2) is 0 Å². The zero-order valence-electron chi connectivity index (χ0n) is 14.0. The van der Waals surface area contributed by atoms with Gasteiger partial charge in [0, 0.05) is 19.6 Å². The number of hydrogen-bond acceptors (Lipinski definition) is 5. The Labute approximate surface area is 147 Å². The Balaban J connectivity index is 1.96. The van der Waals surface area contributed by atoms with E-state index >= 15 is 0 Å². The van der Waals surface area contributed by atoms with Crippen LogP contribution in [0.25, 0.3) is 0 Å². The van der Waals surface area contributed by atoms with Crippen LogP contribution in [0.1, 0.15) is 24.8 Å². The van der Waals surface area contributed by atoms with Crippen molar-refractivity contribution in [3.8, 4) is 0 Å². The van der Waals surface area contributed by atoms with E-state index in [1.165, 1.54) is 4.31 Å². The van der Waals surface area contributed by atoms with Crippen molar-refractivity contribution in [3.05, 3.63) is 29.8 Å². The zero-order chi connectivity index (χ0) is 18.3. The minimum Gasteiger partial charge on any atom is -0.350 e. The standard InChI is InChI=1S/C16H24N4O4S/c17-10-15(21)19-12-16(22)18-11-13-5-4-6-14(9-13)25(23,24)20-7-2-1-3-8-20/h4-6,9H,1-3,7-8,10-12,17H2,(H,18,22)(H,19,21). The summed E-state index contributed by atoms with van der Waals surface area (Å²) in [5, 5.41) is 5.00. The first-order chi connectivity index (χ1) is 11.9. The molecule has 2 amide bonds. The van der Waals surface area contributed by atoms with Crippen LogP contribution in [0.2, 0.25) is 0 Å². The quantitative estimate of drug-likeness (QED) is 0.602. The molecule has 0 unspecified atom stereocenters. The van der Waals surface area contributed by atoms with Gasteiger partial charge in [0.25, 0.3) is 0 Å². The van der Waals surface area contributed by atoms with Crippen LogP contribution in [-0.2, 0) is 26.2 Å². The van der Waals surface area contributed by atoms with Crippen molar-refractivity contribution in [3.63, 3.8) is 0 Å². The van der Waals surface area contributed by atoms with Gasteiger partial charge in [0.1, 0.15) is 0 Å². The molecule has 1 aromatic rings. The third-order valence-corrected chi connectivity index (χ3v) is 5.87. The molecule has 1 fully saturated rings. The first kappa shape index (κ1) is 19.4. The van der Waals surface area contributed by atoms with Crippen LogP contribution >= 0.6 is 0 Å². The van der Waals surface area contributed by atoms with E-state index in [1.807, 2.05) is 0 Å². The summed E-state index contributed by atoms with van der Waals surface area (Å²) in [7, 11) is -3.50. The van der Waals surface area contributed by atoms with Crippen LogP contribution in [0.15, 0.2) is 29.2 Å². The summed E-state index contributed by atoms with van der Waals surface area (Å²) < 4.78 is 26.8. The van der Waals surface area contributed by atoms with Crippen molar-refractivity contribution in [2.45, 2.75) is 30.7 Å². The van der Waals surface area contributed by atoms with Crippen LogP contribution in [0.5, 0.6) is 0 Å². The minimum atomic E-state index is -3.50. The van der Waals surface area contributed by atoms with E-state index in [1.54, 1.807) is 24.3 Å². The fraction of sp³-hybridized carbons (Fsp3) is 0.500. The van der Waals surface area contributed by atoms with E-state index in [4.69, 9.17) is 5.73 Å². The number of amides is 2. The van der Waals surface area contributed by atoms with Gasteiger partial charge in [-0.05, 0) is 30.5 Å². The molecule has 0 atom stereocenters. The molecule has 138 valence electrons. The molecule has 1 aliphatic rings. The smallest absolute Gasteiger partial charge is 0.243 e. The van der Waals surface area contributed by atoms with E-state index in [9.17, 15) is 18.0 Å². The highest BCUT2D eigenvalue weighted by Crippen LogP contribution is 2.21. The second kappa shape index (κ2) is 8.93. The number of piperidine rings is 1. The van der Waals surface area contributed by atoms with Gasteiger partial charge in [0.05, 0.1) is 18.0 Å². The third-order valence-electron chi connectivity index (χ3n) is 3.97. The van der Waals surface area contributed by atoms with Crippen molar-refractivity contribution in [2.75, 3.05) is 26.2 Å². The molecule has 25 heavy (non-hydrogen) atoms. The second-order valence-electron chi connectivity index (χ2n) is 5.87. The highest BCUT2D eigenvalue weighted by Gasteiger charge is 2.25. The summed E-state index contributed by atoms with van der Waals surface area (Å²) >= 11 is 0. The molecule has 2 rings (SSSR count). The molecule has 1 aromatic carbocycles. The summed E-state index contributed by atoms with van der Waals surface area (Å²) in [4.78, 5) is 22.9. The molecule has 0 aromatic heterocycles. The highest BCUT2D eigenvalue weighted by molar-refractivity contribution is 7.89. The van der Waals surface area contributed by atoms with Gasteiger partial charge in [-0.15, -0.1) is 0 Å². The van der Waals surface area contributed by atoms with Gasteiger partial charge < -0.3 is 16.4 Å². The molecule has 0 aliphatic carbocycles. The predicted octanol–water partition coefficient (Wildman–Crippen LogP) is -0.448. The maximum atomic E-state index is 12.7. The van der Waals surface area contributed by atoms with Crippen molar-refractivity contribution in [1.29, 1.82) is 0 Å². The Morgan fingerprint density at radius 3 is 2.48 bits per heavy atom. The molecule has 0 radical (unpaired) electrons. The molecular formula is C16H24N4O4S. The third kappa shape index (κ3) is 5.52. The fourth-order valence-electron chi connectivity index (χ4n) is 2.58. The number of carbonyl (C=O) groups is 2. The number of hydrogen-bond donors (Lipinski definition) is 3. The van der Waals surface area contributed by atoms with E-state index in [0.29, 0.717) is 18.7 Å². The lowest BCUT2D eigenvalue weighted by Gasteiger charge is -2.26. The molecule has 9 heteroatoms. The van der Waals surface area contributed by atoms with Gasteiger partial charge >= 0.3 is 0 Å². The van der Waals surface area contributed by atoms with Gasteiger partial charge in [-0.2, -0.15) is 4.31 Å². The van der Waals surface area contributed by atoms with E-state index in [2.05, 4.69) is 10.6 Å². The number of rotatable bonds is 7. The van der Waals surface area contributed by atoms with Gasteiger partial charge in [-0.3, -0.25) is 9.59 Å². The first-order valence-electron chi connectivity index (χ1n) is 8.26. The van der Waals surface area contributed by atoms with E-state index < -0.39 is 15.9 Å². The SMILES string of the molecule is NCC(=O)NCC(=O)NCc1cccc(S(=O)(=O)N2CCCCC2)c1. The lowest BCUT2D eigenvalue weighted by atomic mass is 10.2.